The second-order valence-corrected chi connectivity index (χ2v) is 12.0. The number of hydrogen-bond donors (Lipinski definition) is 0. The number of imidazole rings is 1. The van der Waals surface area contributed by atoms with Gasteiger partial charge in [0.25, 0.3) is 0 Å². The number of fused-ring (bicyclic) bond motifs is 10. The topological polar surface area (TPSA) is 22.2 Å². The molecule has 0 saturated heterocycles. The Kier molecular flexibility index (Phi) is 5.28. The lowest BCUT2D eigenvalue weighted by Gasteiger charge is -2.13. The molecule has 0 fully saturated rings. The molecule has 10 aromatic rings. The average molecular weight is 586 g/mol. The third-order valence-corrected chi connectivity index (χ3v) is 9.52. The highest BCUT2D eigenvalue weighted by Gasteiger charge is 2.17. The Balaban J connectivity index is 1.18. The molecule has 46 heavy (non-hydrogen) atoms. The van der Waals surface area contributed by atoms with Gasteiger partial charge in [-0.25, -0.2) is 4.98 Å². The molecule has 0 N–H and O–H groups in total. The summed E-state index contributed by atoms with van der Waals surface area (Å²) in [7, 11) is 0. The van der Waals surface area contributed by atoms with Crippen LogP contribution >= 0.6 is 0 Å². The van der Waals surface area contributed by atoms with Gasteiger partial charge < -0.3 is 4.57 Å². The molecular formula is C43H27N3. The minimum absolute atomic E-state index is 0.964. The van der Waals surface area contributed by atoms with Crippen molar-refractivity contribution in [1.29, 1.82) is 0 Å². The lowest BCUT2D eigenvalue weighted by Crippen LogP contribution is -1.92. The number of rotatable bonds is 3. The quantitative estimate of drug-likeness (QED) is 0.189. The molecule has 0 saturated carbocycles. The summed E-state index contributed by atoms with van der Waals surface area (Å²) in [6.07, 6.45) is 2.10. The van der Waals surface area contributed by atoms with Gasteiger partial charge in [-0.2, -0.15) is 0 Å². The van der Waals surface area contributed by atoms with Crippen molar-refractivity contribution in [2.45, 2.75) is 0 Å². The van der Waals surface area contributed by atoms with Crippen LogP contribution in [0.3, 0.4) is 0 Å². The molecule has 0 aliphatic rings. The number of para-hydroxylation sites is 2. The Labute approximate surface area is 265 Å². The molecule has 0 amide bonds. The van der Waals surface area contributed by atoms with Gasteiger partial charge in [0.15, 0.2) is 0 Å². The molecule has 10 rings (SSSR count). The normalized spacial score (nSPS) is 11.9. The summed E-state index contributed by atoms with van der Waals surface area (Å²) in [4.78, 5) is 5.12. The molecular weight excluding hydrogens is 558 g/mol. The molecule has 3 nitrogen and oxygen atoms in total. The number of pyridine rings is 1. The Morgan fingerprint density at radius 3 is 2.02 bits per heavy atom. The zero-order valence-electron chi connectivity index (χ0n) is 24.9. The maximum absolute atomic E-state index is 5.12. The lowest BCUT2D eigenvalue weighted by atomic mass is 9.91. The standard InChI is InChI=1S/C43H27N3/c1-2-12-31(13-3-1)46-37-17-7-6-15-35(37)41-32(16-10-18-38(41)46)28-20-22-29(23-21-28)36-27-30-11-4-5-14-33(30)42-34(36)24-25-39-43(42)44-40-19-8-9-26-45(39)40/h1-27H. The Morgan fingerprint density at radius 1 is 0.435 bits per heavy atom. The molecule has 0 atom stereocenters. The zero-order valence-corrected chi connectivity index (χ0v) is 24.9. The molecule has 0 radical (unpaired) electrons. The van der Waals surface area contributed by atoms with E-state index in [4.69, 9.17) is 4.98 Å². The van der Waals surface area contributed by atoms with E-state index in [2.05, 4.69) is 173 Å². The fourth-order valence-corrected chi connectivity index (χ4v) is 7.50. The van der Waals surface area contributed by atoms with Crippen molar-refractivity contribution in [2.24, 2.45) is 0 Å². The monoisotopic (exact) mass is 585 g/mol. The van der Waals surface area contributed by atoms with Gasteiger partial charge in [0, 0.05) is 28.0 Å². The highest BCUT2D eigenvalue weighted by Crippen LogP contribution is 2.41. The van der Waals surface area contributed by atoms with Gasteiger partial charge in [0.1, 0.15) is 5.65 Å². The van der Waals surface area contributed by atoms with Crippen molar-refractivity contribution in [3.05, 3.63) is 164 Å². The highest BCUT2D eigenvalue weighted by molar-refractivity contribution is 6.23. The fraction of sp³-hybridized carbons (Fsp3) is 0. The van der Waals surface area contributed by atoms with E-state index in [0.717, 1.165) is 16.7 Å². The number of hydrogen-bond acceptors (Lipinski definition) is 1. The van der Waals surface area contributed by atoms with E-state index < -0.39 is 0 Å². The van der Waals surface area contributed by atoms with Crippen LogP contribution in [0.1, 0.15) is 0 Å². The average Bonchev–Trinajstić information content (AvgIpc) is 3.68. The summed E-state index contributed by atoms with van der Waals surface area (Å²) < 4.78 is 4.56. The van der Waals surface area contributed by atoms with Crippen LogP contribution in [-0.2, 0) is 0 Å². The third-order valence-electron chi connectivity index (χ3n) is 9.52. The summed E-state index contributed by atoms with van der Waals surface area (Å²) in [6, 6.07) is 56.9. The number of aromatic nitrogens is 3. The smallest absolute Gasteiger partial charge is 0.137 e. The van der Waals surface area contributed by atoms with Crippen LogP contribution in [0.5, 0.6) is 0 Å². The van der Waals surface area contributed by atoms with Gasteiger partial charge in [-0.3, -0.25) is 4.40 Å². The van der Waals surface area contributed by atoms with Crippen LogP contribution in [0.2, 0.25) is 0 Å². The molecule has 0 spiro atoms. The molecule has 0 bridgehead atoms. The second kappa shape index (κ2) is 9.65. The van der Waals surface area contributed by atoms with Crippen molar-refractivity contribution in [1.82, 2.24) is 14.0 Å². The zero-order chi connectivity index (χ0) is 30.2. The predicted octanol–water partition coefficient (Wildman–Crippen LogP) is 11.2. The Hall–Kier alpha value is -6.19. The molecule has 214 valence electrons. The van der Waals surface area contributed by atoms with Crippen LogP contribution in [0.25, 0.3) is 88.0 Å². The molecule has 0 unspecified atom stereocenters. The third kappa shape index (κ3) is 3.57. The predicted molar refractivity (Wildman–Crippen MR) is 193 cm³/mol. The summed E-state index contributed by atoms with van der Waals surface area (Å²) >= 11 is 0. The van der Waals surface area contributed by atoms with E-state index >= 15 is 0 Å². The van der Waals surface area contributed by atoms with Gasteiger partial charge in [-0.05, 0) is 86.9 Å². The minimum Gasteiger partial charge on any atom is -0.309 e. The molecule has 0 aliphatic carbocycles. The first-order chi connectivity index (χ1) is 22.8. The number of nitrogens with zero attached hydrogens (tertiary/aromatic N) is 3. The maximum Gasteiger partial charge on any atom is 0.137 e. The molecule has 0 aliphatic heterocycles. The van der Waals surface area contributed by atoms with Gasteiger partial charge in [-0.15, -0.1) is 0 Å². The van der Waals surface area contributed by atoms with Crippen LogP contribution in [0.4, 0.5) is 0 Å². The molecule has 3 heterocycles. The van der Waals surface area contributed by atoms with Gasteiger partial charge in [-0.1, -0.05) is 109 Å². The molecule has 3 heteroatoms. The van der Waals surface area contributed by atoms with Gasteiger partial charge >= 0.3 is 0 Å². The van der Waals surface area contributed by atoms with Gasteiger partial charge in [0.05, 0.1) is 22.1 Å². The summed E-state index contributed by atoms with van der Waals surface area (Å²) in [5.41, 5.74) is 11.6. The van der Waals surface area contributed by atoms with Crippen LogP contribution in [-0.4, -0.2) is 14.0 Å². The van der Waals surface area contributed by atoms with E-state index in [1.807, 2.05) is 0 Å². The summed E-state index contributed by atoms with van der Waals surface area (Å²) in [5.74, 6) is 0. The first-order valence-electron chi connectivity index (χ1n) is 15.7. The lowest BCUT2D eigenvalue weighted by molar-refractivity contribution is 1.18. The van der Waals surface area contributed by atoms with E-state index in [1.165, 1.54) is 71.3 Å². The van der Waals surface area contributed by atoms with Crippen molar-refractivity contribution in [2.75, 3.05) is 0 Å². The maximum atomic E-state index is 5.12. The van der Waals surface area contributed by atoms with Gasteiger partial charge in [0.2, 0.25) is 0 Å². The van der Waals surface area contributed by atoms with E-state index in [0.29, 0.717) is 0 Å². The van der Waals surface area contributed by atoms with Crippen molar-refractivity contribution >= 4 is 60.0 Å². The highest BCUT2D eigenvalue weighted by atomic mass is 15.0. The van der Waals surface area contributed by atoms with Crippen LogP contribution < -0.4 is 0 Å². The van der Waals surface area contributed by atoms with E-state index in [9.17, 15) is 0 Å². The SMILES string of the molecule is c1ccc(-n2c3ccccc3c3c(-c4ccc(-c5cc6ccccc6c6c5ccc5c6nc6ccccn65)cc4)cccc32)cc1. The van der Waals surface area contributed by atoms with Crippen molar-refractivity contribution in [3.63, 3.8) is 0 Å². The largest absolute Gasteiger partial charge is 0.309 e. The Bertz CT molecular complexity index is 2780. The first kappa shape index (κ1) is 25.2. The molecule has 3 aromatic heterocycles. The van der Waals surface area contributed by atoms with Crippen molar-refractivity contribution in [3.8, 4) is 27.9 Å². The number of benzene rings is 7. The fourth-order valence-electron chi connectivity index (χ4n) is 7.50. The first-order valence-corrected chi connectivity index (χ1v) is 15.7. The van der Waals surface area contributed by atoms with Crippen LogP contribution in [0, 0.1) is 0 Å². The van der Waals surface area contributed by atoms with Crippen LogP contribution in [0.15, 0.2) is 164 Å². The minimum atomic E-state index is 0.964. The summed E-state index contributed by atoms with van der Waals surface area (Å²) in [6.45, 7) is 0. The molecule has 7 aromatic carbocycles. The second-order valence-electron chi connectivity index (χ2n) is 12.0. The Morgan fingerprint density at radius 2 is 1.15 bits per heavy atom. The van der Waals surface area contributed by atoms with E-state index in [-0.39, 0.29) is 0 Å². The van der Waals surface area contributed by atoms with E-state index in [1.54, 1.807) is 0 Å². The summed E-state index contributed by atoms with van der Waals surface area (Å²) in [5, 5.41) is 7.41. The van der Waals surface area contributed by atoms with Crippen molar-refractivity contribution < 1.29 is 0 Å².